The second-order valence-electron chi connectivity index (χ2n) is 4.89. The van der Waals surface area contributed by atoms with Gasteiger partial charge in [0.05, 0.1) is 7.11 Å². The Morgan fingerprint density at radius 2 is 2.32 bits per heavy atom. The van der Waals surface area contributed by atoms with Gasteiger partial charge in [0, 0.05) is 30.8 Å². The smallest absolute Gasteiger partial charge is 0.270 e. The molecule has 0 bridgehead atoms. The van der Waals surface area contributed by atoms with Crippen LogP contribution in [0.2, 0.25) is 0 Å². The Morgan fingerprint density at radius 3 is 3.05 bits per heavy atom. The van der Waals surface area contributed by atoms with Crippen LogP contribution in [-0.2, 0) is 0 Å². The highest BCUT2D eigenvalue weighted by Crippen LogP contribution is 2.24. The zero-order valence-corrected chi connectivity index (χ0v) is 11.1. The average molecular weight is 264 g/mol. The van der Waals surface area contributed by atoms with E-state index in [4.69, 9.17) is 4.74 Å². The lowest BCUT2D eigenvalue weighted by Gasteiger charge is -2.30. The summed E-state index contributed by atoms with van der Waals surface area (Å²) in [7, 11) is 1.56. The lowest BCUT2D eigenvalue weighted by Crippen LogP contribution is -2.43. The summed E-state index contributed by atoms with van der Waals surface area (Å²) in [6, 6.07) is 3.36. The van der Waals surface area contributed by atoms with Crippen molar-refractivity contribution in [2.75, 3.05) is 13.7 Å². The number of rotatable bonds is 4. The molecule has 2 unspecified atom stereocenters. The molecule has 0 aliphatic heterocycles. The van der Waals surface area contributed by atoms with Crippen LogP contribution < -0.4 is 10.1 Å². The first-order chi connectivity index (χ1) is 9.24. The van der Waals surface area contributed by atoms with Crippen molar-refractivity contribution in [3.63, 3.8) is 0 Å². The van der Waals surface area contributed by atoms with Gasteiger partial charge in [-0.2, -0.15) is 0 Å². The molecule has 1 aliphatic carbocycles. The summed E-state index contributed by atoms with van der Waals surface area (Å²) in [5.41, 5.74) is 0.349. The standard InChI is InChI=1S/C14H20N2O3/c1-19-11-6-7-15-13(8-11)14(18)16-12-5-3-2-4-10(12)9-17/h6-8,10,12,17H,2-5,9H2,1H3,(H,16,18). The molecule has 1 heterocycles. The van der Waals surface area contributed by atoms with Gasteiger partial charge in [-0.1, -0.05) is 12.8 Å². The van der Waals surface area contributed by atoms with Crippen LogP contribution in [-0.4, -0.2) is 35.8 Å². The van der Waals surface area contributed by atoms with Gasteiger partial charge in [-0.15, -0.1) is 0 Å². The summed E-state index contributed by atoms with van der Waals surface area (Å²) in [4.78, 5) is 16.2. The number of aliphatic hydroxyl groups is 1. The van der Waals surface area contributed by atoms with Gasteiger partial charge in [0.2, 0.25) is 0 Å². The quantitative estimate of drug-likeness (QED) is 0.861. The fraction of sp³-hybridized carbons (Fsp3) is 0.571. The molecule has 5 nitrogen and oxygen atoms in total. The Morgan fingerprint density at radius 1 is 1.53 bits per heavy atom. The molecule has 1 aromatic heterocycles. The first kappa shape index (κ1) is 13.8. The molecule has 2 atom stereocenters. The maximum Gasteiger partial charge on any atom is 0.270 e. The summed E-state index contributed by atoms with van der Waals surface area (Å²) >= 11 is 0. The van der Waals surface area contributed by atoms with Crippen LogP contribution in [0.4, 0.5) is 0 Å². The predicted molar refractivity (Wildman–Crippen MR) is 71.1 cm³/mol. The number of nitrogens with zero attached hydrogens (tertiary/aromatic N) is 1. The van der Waals surface area contributed by atoms with Gasteiger partial charge < -0.3 is 15.2 Å². The predicted octanol–water partition coefficient (Wildman–Crippen LogP) is 1.37. The summed E-state index contributed by atoms with van der Waals surface area (Å²) in [5, 5.41) is 12.3. The molecular weight excluding hydrogens is 244 g/mol. The van der Waals surface area contributed by atoms with Crippen LogP contribution in [0.1, 0.15) is 36.2 Å². The topological polar surface area (TPSA) is 71.5 Å². The van der Waals surface area contributed by atoms with Crippen molar-refractivity contribution in [2.45, 2.75) is 31.7 Å². The number of hydrogen-bond acceptors (Lipinski definition) is 4. The van der Waals surface area contributed by atoms with Gasteiger partial charge >= 0.3 is 0 Å². The lowest BCUT2D eigenvalue weighted by atomic mass is 9.85. The number of aromatic nitrogens is 1. The Hall–Kier alpha value is -1.62. The van der Waals surface area contributed by atoms with Gasteiger partial charge in [-0.05, 0) is 18.9 Å². The highest BCUT2D eigenvalue weighted by Gasteiger charge is 2.26. The molecule has 104 valence electrons. The minimum atomic E-state index is -0.204. The average Bonchev–Trinajstić information content (AvgIpc) is 2.47. The van der Waals surface area contributed by atoms with E-state index in [-0.39, 0.29) is 24.5 Å². The maximum absolute atomic E-state index is 12.1. The zero-order valence-electron chi connectivity index (χ0n) is 11.1. The van der Waals surface area contributed by atoms with Gasteiger partial charge in [0.25, 0.3) is 5.91 Å². The molecule has 1 fully saturated rings. The monoisotopic (exact) mass is 264 g/mol. The van der Waals surface area contributed by atoms with Crippen molar-refractivity contribution in [2.24, 2.45) is 5.92 Å². The summed E-state index contributed by atoms with van der Waals surface area (Å²) in [5.74, 6) is 0.565. The molecule has 0 aromatic carbocycles. The number of aliphatic hydroxyl groups excluding tert-OH is 1. The number of hydrogen-bond donors (Lipinski definition) is 2. The lowest BCUT2D eigenvalue weighted by molar-refractivity contribution is 0.0867. The minimum absolute atomic E-state index is 0.0410. The van der Waals surface area contributed by atoms with Crippen LogP contribution in [0.15, 0.2) is 18.3 Å². The third-order valence-electron chi connectivity index (χ3n) is 3.66. The van der Waals surface area contributed by atoms with E-state index >= 15 is 0 Å². The second kappa shape index (κ2) is 6.52. The van der Waals surface area contributed by atoms with E-state index in [2.05, 4.69) is 10.3 Å². The molecule has 2 rings (SSSR count). The first-order valence-corrected chi connectivity index (χ1v) is 6.66. The van der Waals surface area contributed by atoms with Crippen LogP contribution in [0.25, 0.3) is 0 Å². The van der Waals surface area contributed by atoms with Gasteiger partial charge in [0.1, 0.15) is 11.4 Å². The van der Waals surface area contributed by atoms with Crippen LogP contribution in [0, 0.1) is 5.92 Å². The molecule has 0 spiro atoms. The summed E-state index contributed by atoms with van der Waals surface area (Å²) in [6.45, 7) is 0.122. The molecule has 0 radical (unpaired) electrons. The van der Waals surface area contributed by atoms with Crippen molar-refractivity contribution in [1.29, 1.82) is 0 Å². The highest BCUT2D eigenvalue weighted by atomic mass is 16.5. The van der Waals surface area contributed by atoms with Crippen molar-refractivity contribution in [3.05, 3.63) is 24.0 Å². The number of pyridine rings is 1. The fourth-order valence-electron chi connectivity index (χ4n) is 2.52. The zero-order chi connectivity index (χ0) is 13.7. The third kappa shape index (κ3) is 3.44. The Balaban J connectivity index is 2.02. The minimum Gasteiger partial charge on any atom is -0.497 e. The maximum atomic E-state index is 12.1. The fourth-order valence-corrected chi connectivity index (χ4v) is 2.52. The van der Waals surface area contributed by atoms with Gasteiger partial charge in [-0.25, -0.2) is 0 Å². The second-order valence-corrected chi connectivity index (χ2v) is 4.89. The molecular formula is C14H20N2O3. The van der Waals surface area contributed by atoms with E-state index in [9.17, 15) is 9.90 Å². The van der Waals surface area contributed by atoms with E-state index in [1.807, 2.05) is 0 Å². The van der Waals surface area contributed by atoms with E-state index in [1.54, 1.807) is 25.4 Å². The van der Waals surface area contributed by atoms with Crippen LogP contribution >= 0.6 is 0 Å². The molecule has 1 aromatic rings. The molecule has 2 N–H and O–H groups in total. The molecule has 5 heteroatoms. The number of carbonyl (C=O) groups is 1. The number of amides is 1. The summed E-state index contributed by atoms with van der Waals surface area (Å²) in [6.07, 6.45) is 5.65. The van der Waals surface area contributed by atoms with Crippen molar-refractivity contribution < 1.29 is 14.6 Å². The molecule has 0 saturated heterocycles. The largest absolute Gasteiger partial charge is 0.497 e. The molecule has 1 aliphatic rings. The van der Waals surface area contributed by atoms with Crippen molar-refractivity contribution in [1.82, 2.24) is 10.3 Å². The van der Waals surface area contributed by atoms with Crippen LogP contribution in [0.5, 0.6) is 5.75 Å². The first-order valence-electron chi connectivity index (χ1n) is 6.66. The van der Waals surface area contributed by atoms with Crippen molar-refractivity contribution in [3.8, 4) is 5.75 Å². The SMILES string of the molecule is COc1ccnc(C(=O)NC2CCCCC2CO)c1. The normalized spacial score (nSPS) is 22.8. The van der Waals surface area contributed by atoms with E-state index < -0.39 is 0 Å². The number of methoxy groups -OCH3 is 1. The van der Waals surface area contributed by atoms with Crippen LogP contribution in [0.3, 0.4) is 0 Å². The molecule has 1 amide bonds. The van der Waals surface area contributed by atoms with Gasteiger partial charge in [-0.3, -0.25) is 9.78 Å². The van der Waals surface area contributed by atoms with Crippen molar-refractivity contribution >= 4 is 5.91 Å². The van der Waals surface area contributed by atoms with Gasteiger partial charge in [0.15, 0.2) is 0 Å². The van der Waals surface area contributed by atoms with E-state index in [0.29, 0.717) is 11.4 Å². The Bertz CT molecular complexity index is 436. The number of carbonyl (C=O) groups excluding carboxylic acids is 1. The third-order valence-corrected chi connectivity index (χ3v) is 3.66. The number of nitrogens with one attached hydrogen (secondary N) is 1. The summed E-state index contributed by atoms with van der Waals surface area (Å²) < 4.78 is 5.08. The van der Waals surface area contributed by atoms with E-state index in [0.717, 1.165) is 25.7 Å². The Labute approximate surface area is 113 Å². The Kier molecular flexibility index (Phi) is 4.74. The molecule has 19 heavy (non-hydrogen) atoms. The number of ether oxygens (including phenoxy) is 1. The van der Waals surface area contributed by atoms with E-state index in [1.165, 1.54) is 0 Å². The highest BCUT2D eigenvalue weighted by molar-refractivity contribution is 5.92. The molecule has 1 saturated carbocycles.